The van der Waals surface area contributed by atoms with E-state index in [1.165, 1.54) is 0 Å². The zero-order chi connectivity index (χ0) is 12.0. The van der Waals surface area contributed by atoms with Crippen molar-refractivity contribution in [3.05, 3.63) is 35.3 Å². The molecule has 3 N–H and O–H groups in total. The monoisotopic (exact) mass is 231 g/mol. The highest BCUT2D eigenvalue weighted by molar-refractivity contribution is 5.90. The number of carboxylic acids is 1. The van der Waals surface area contributed by atoms with E-state index in [0.717, 1.165) is 11.3 Å². The first-order chi connectivity index (χ1) is 8.18. The summed E-state index contributed by atoms with van der Waals surface area (Å²) in [6.45, 7) is 0. The molecule has 0 radical (unpaired) electrons. The number of hydrogen-bond donors (Lipinski definition) is 3. The molecule has 1 aliphatic rings. The van der Waals surface area contributed by atoms with E-state index in [1.54, 1.807) is 12.3 Å². The molecule has 0 fully saturated rings. The number of nitrogens with one attached hydrogen (secondary N) is 1. The van der Waals surface area contributed by atoms with Crippen molar-refractivity contribution in [1.29, 1.82) is 0 Å². The molecule has 0 saturated heterocycles. The second-order valence-corrected chi connectivity index (χ2v) is 3.88. The van der Waals surface area contributed by atoms with Gasteiger partial charge in [0.25, 0.3) is 0 Å². The second kappa shape index (κ2) is 3.39. The zero-order valence-electron chi connectivity index (χ0n) is 8.71. The highest BCUT2D eigenvalue weighted by Gasteiger charge is 2.31. The van der Waals surface area contributed by atoms with Gasteiger partial charge in [0.1, 0.15) is 11.4 Å². The van der Waals surface area contributed by atoms with Crippen LogP contribution in [-0.2, 0) is 6.42 Å². The number of hydrogen-bond acceptors (Lipinski definition) is 4. The second-order valence-electron chi connectivity index (χ2n) is 3.88. The Morgan fingerprint density at radius 1 is 1.53 bits per heavy atom. The van der Waals surface area contributed by atoms with Crippen LogP contribution in [0.1, 0.15) is 27.8 Å². The fourth-order valence-electron chi connectivity index (χ4n) is 2.14. The predicted octanol–water partition coefficient (Wildman–Crippen LogP) is 0.759. The summed E-state index contributed by atoms with van der Waals surface area (Å²) in [6.07, 6.45) is 1.07. The Labute approximate surface area is 95.9 Å². The smallest absolute Gasteiger partial charge is 0.354 e. The summed E-state index contributed by atoms with van der Waals surface area (Å²) in [5.74, 6) is -1.12. The Hall–Kier alpha value is -2.21. The molecule has 1 unspecified atom stereocenters. The maximum atomic E-state index is 11.0. The molecule has 0 aliphatic heterocycles. The summed E-state index contributed by atoms with van der Waals surface area (Å²) < 4.78 is 0. The van der Waals surface area contributed by atoms with Gasteiger partial charge >= 0.3 is 5.97 Å². The standard InChI is InChI=1S/C11H9N3O3/c15-7-4-6-5(2-1-3-12-6)9-8(7)10(11(16)17)14-13-9/h1-3,7,15H,4H2,(H,13,14)(H,16,17). The van der Waals surface area contributed by atoms with Crippen LogP contribution in [0, 0.1) is 0 Å². The molecule has 86 valence electrons. The fourth-order valence-corrected chi connectivity index (χ4v) is 2.14. The Kier molecular flexibility index (Phi) is 1.99. The molecule has 3 rings (SSSR count). The molecular weight excluding hydrogens is 222 g/mol. The molecule has 0 bridgehead atoms. The first-order valence-corrected chi connectivity index (χ1v) is 5.12. The van der Waals surface area contributed by atoms with Crippen LogP contribution in [0.2, 0.25) is 0 Å². The number of rotatable bonds is 1. The lowest BCUT2D eigenvalue weighted by Gasteiger charge is -2.19. The van der Waals surface area contributed by atoms with Gasteiger partial charge in [0.2, 0.25) is 0 Å². The van der Waals surface area contributed by atoms with Crippen molar-refractivity contribution >= 4 is 5.97 Å². The van der Waals surface area contributed by atoms with Crippen molar-refractivity contribution in [3.63, 3.8) is 0 Å². The fraction of sp³-hybridized carbons (Fsp3) is 0.182. The van der Waals surface area contributed by atoms with Gasteiger partial charge < -0.3 is 10.2 Å². The molecule has 2 aromatic heterocycles. The molecule has 2 heterocycles. The van der Waals surface area contributed by atoms with Crippen LogP contribution in [0.4, 0.5) is 0 Å². The van der Waals surface area contributed by atoms with Crippen LogP contribution >= 0.6 is 0 Å². The van der Waals surface area contributed by atoms with E-state index in [2.05, 4.69) is 15.2 Å². The molecule has 6 nitrogen and oxygen atoms in total. The highest BCUT2D eigenvalue weighted by Crippen LogP contribution is 2.37. The molecule has 1 aliphatic carbocycles. The molecule has 0 spiro atoms. The third-order valence-electron chi connectivity index (χ3n) is 2.88. The number of carbonyl (C=O) groups is 1. The maximum absolute atomic E-state index is 11.0. The van der Waals surface area contributed by atoms with Gasteiger partial charge in [-0.25, -0.2) is 4.79 Å². The lowest BCUT2D eigenvalue weighted by Crippen LogP contribution is -2.14. The van der Waals surface area contributed by atoms with Crippen LogP contribution in [-0.4, -0.2) is 31.4 Å². The van der Waals surface area contributed by atoms with Crippen LogP contribution in [0.25, 0.3) is 11.3 Å². The summed E-state index contributed by atoms with van der Waals surface area (Å²) in [5, 5.41) is 25.4. The average Bonchev–Trinajstić information content (AvgIpc) is 2.74. The third-order valence-corrected chi connectivity index (χ3v) is 2.88. The number of H-pyrrole nitrogens is 1. The zero-order valence-corrected chi connectivity index (χ0v) is 8.71. The van der Waals surface area contributed by atoms with Crippen molar-refractivity contribution < 1.29 is 15.0 Å². The van der Waals surface area contributed by atoms with E-state index in [1.807, 2.05) is 6.07 Å². The van der Waals surface area contributed by atoms with E-state index in [9.17, 15) is 9.90 Å². The largest absolute Gasteiger partial charge is 0.477 e. The Balaban J connectivity index is 2.27. The van der Waals surface area contributed by atoms with Crippen LogP contribution in [0.15, 0.2) is 18.3 Å². The first-order valence-electron chi connectivity index (χ1n) is 5.12. The van der Waals surface area contributed by atoms with Gasteiger partial charge in [-0.15, -0.1) is 0 Å². The summed E-state index contributed by atoms with van der Waals surface area (Å²) in [7, 11) is 0. The number of pyridine rings is 1. The number of aromatic nitrogens is 3. The van der Waals surface area contributed by atoms with Crippen molar-refractivity contribution in [2.24, 2.45) is 0 Å². The van der Waals surface area contributed by atoms with Gasteiger partial charge in [0, 0.05) is 23.7 Å². The Bertz CT molecular complexity index is 606. The molecule has 6 heteroatoms. The summed E-state index contributed by atoms with van der Waals surface area (Å²) in [5.41, 5.74) is 2.27. The van der Waals surface area contributed by atoms with Gasteiger partial charge in [-0.3, -0.25) is 10.1 Å². The minimum atomic E-state index is -1.12. The van der Waals surface area contributed by atoms with Gasteiger partial charge in [0.05, 0.1) is 11.8 Å². The van der Waals surface area contributed by atoms with Gasteiger partial charge in [-0.05, 0) is 12.1 Å². The summed E-state index contributed by atoms with van der Waals surface area (Å²) in [4.78, 5) is 15.2. The van der Waals surface area contributed by atoms with E-state index < -0.39 is 12.1 Å². The third kappa shape index (κ3) is 1.34. The lowest BCUT2D eigenvalue weighted by atomic mass is 9.90. The number of aliphatic hydroxyl groups is 1. The van der Waals surface area contributed by atoms with E-state index >= 15 is 0 Å². The van der Waals surface area contributed by atoms with Crippen molar-refractivity contribution in [3.8, 4) is 11.3 Å². The normalized spacial score (nSPS) is 17.4. The quantitative estimate of drug-likeness (QED) is 0.672. The number of aliphatic hydroxyl groups excluding tert-OH is 1. The highest BCUT2D eigenvalue weighted by atomic mass is 16.4. The molecular formula is C11H9N3O3. The number of aromatic carboxylic acids is 1. The minimum absolute atomic E-state index is 0.0537. The number of carboxylic acid groups (broad SMARTS) is 1. The van der Waals surface area contributed by atoms with Crippen LogP contribution < -0.4 is 0 Å². The molecule has 1 atom stereocenters. The van der Waals surface area contributed by atoms with E-state index in [-0.39, 0.29) is 5.69 Å². The predicted molar refractivity (Wildman–Crippen MR) is 57.4 cm³/mol. The number of aromatic amines is 1. The lowest BCUT2D eigenvalue weighted by molar-refractivity contribution is 0.0682. The van der Waals surface area contributed by atoms with Crippen molar-refractivity contribution in [2.75, 3.05) is 0 Å². The van der Waals surface area contributed by atoms with Gasteiger partial charge in [0.15, 0.2) is 0 Å². The SMILES string of the molecule is O=C(O)c1[nH]nc2c1C(O)Cc1ncccc1-2. The molecule has 0 saturated carbocycles. The molecule has 0 aromatic carbocycles. The van der Waals surface area contributed by atoms with Gasteiger partial charge in [-0.2, -0.15) is 5.10 Å². The van der Waals surface area contributed by atoms with Crippen molar-refractivity contribution in [2.45, 2.75) is 12.5 Å². The molecule has 0 amide bonds. The average molecular weight is 231 g/mol. The van der Waals surface area contributed by atoms with E-state index in [4.69, 9.17) is 5.11 Å². The molecule has 2 aromatic rings. The molecule has 17 heavy (non-hydrogen) atoms. The summed E-state index contributed by atoms with van der Waals surface area (Å²) in [6, 6.07) is 3.58. The van der Waals surface area contributed by atoms with Crippen LogP contribution in [0.5, 0.6) is 0 Å². The Morgan fingerprint density at radius 2 is 2.35 bits per heavy atom. The van der Waals surface area contributed by atoms with E-state index in [0.29, 0.717) is 17.7 Å². The number of nitrogens with zero attached hydrogens (tertiary/aromatic N) is 2. The topological polar surface area (TPSA) is 99.1 Å². The Morgan fingerprint density at radius 3 is 3.12 bits per heavy atom. The first kappa shape index (κ1) is 9.98. The summed E-state index contributed by atoms with van der Waals surface area (Å²) >= 11 is 0. The van der Waals surface area contributed by atoms with Crippen molar-refractivity contribution in [1.82, 2.24) is 15.2 Å². The van der Waals surface area contributed by atoms with Crippen LogP contribution in [0.3, 0.4) is 0 Å². The number of fused-ring (bicyclic) bond motifs is 3. The van der Waals surface area contributed by atoms with Gasteiger partial charge in [-0.1, -0.05) is 0 Å². The maximum Gasteiger partial charge on any atom is 0.354 e. The minimum Gasteiger partial charge on any atom is -0.477 e.